The second kappa shape index (κ2) is 15.6. The highest BCUT2D eigenvalue weighted by molar-refractivity contribution is 5.33. The van der Waals surface area contributed by atoms with Crippen molar-refractivity contribution in [2.45, 2.75) is 75.8 Å². The molecule has 1 heterocycles. The van der Waals surface area contributed by atoms with E-state index in [1.807, 2.05) is 36.4 Å². The number of aliphatic hydroxyl groups excluding tert-OH is 4. The van der Waals surface area contributed by atoms with E-state index < -0.39 is 24.4 Å². The van der Waals surface area contributed by atoms with Gasteiger partial charge in [0.15, 0.2) is 0 Å². The first-order chi connectivity index (χ1) is 17.5. The zero-order valence-electron chi connectivity index (χ0n) is 20.8. The number of hydrogen-bond donors (Lipinski definition) is 4. The molecule has 4 N–H and O–H groups in total. The molecular formula is C28H40O8. The van der Waals surface area contributed by atoms with Gasteiger partial charge in [0.1, 0.15) is 23.0 Å². The Morgan fingerprint density at radius 3 is 0.944 bits per heavy atom. The van der Waals surface area contributed by atoms with Crippen molar-refractivity contribution in [2.24, 2.45) is 0 Å². The summed E-state index contributed by atoms with van der Waals surface area (Å²) in [5, 5.41) is 41.0. The normalized spacial score (nSPS) is 25.9. The number of ether oxygens (including phenoxy) is 4. The first-order valence-electron chi connectivity index (χ1n) is 12.9. The van der Waals surface area contributed by atoms with Crippen molar-refractivity contribution in [1.29, 1.82) is 0 Å². The van der Waals surface area contributed by atoms with Gasteiger partial charge in [-0.15, -0.1) is 0 Å². The quantitative estimate of drug-likeness (QED) is 0.431. The van der Waals surface area contributed by atoms with Crippen LogP contribution < -0.4 is 18.9 Å². The highest BCUT2D eigenvalue weighted by Gasteiger charge is 2.17. The van der Waals surface area contributed by atoms with Crippen molar-refractivity contribution in [1.82, 2.24) is 0 Å². The van der Waals surface area contributed by atoms with Crippen molar-refractivity contribution in [3.8, 4) is 23.0 Å². The van der Waals surface area contributed by atoms with Crippen LogP contribution in [0.5, 0.6) is 23.0 Å². The van der Waals surface area contributed by atoms with Crippen LogP contribution in [0.3, 0.4) is 0 Å². The Labute approximate surface area is 213 Å². The molecule has 0 amide bonds. The van der Waals surface area contributed by atoms with Crippen LogP contribution in [-0.2, 0) is 0 Å². The van der Waals surface area contributed by atoms with Gasteiger partial charge in [-0.1, -0.05) is 12.1 Å². The van der Waals surface area contributed by atoms with Gasteiger partial charge in [0.25, 0.3) is 0 Å². The van der Waals surface area contributed by atoms with Crippen molar-refractivity contribution in [2.75, 3.05) is 26.4 Å². The van der Waals surface area contributed by atoms with Crippen LogP contribution in [-0.4, -0.2) is 71.3 Å². The highest BCUT2D eigenvalue weighted by Crippen LogP contribution is 2.22. The summed E-state index contributed by atoms with van der Waals surface area (Å²) in [6.45, 7) is 1.66. The van der Waals surface area contributed by atoms with Crippen molar-refractivity contribution in [3.05, 3.63) is 48.5 Å². The number of benzene rings is 2. The molecule has 0 aromatic heterocycles. The molecular weight excluding hydrogens is 464 g/mol. The molecule has 4 unspecified atom stereocenters. The second-order valence-electron chi connectivity index (χ2n) is 9.18. The van der Waals surface area contributed by atoms with Gasteiger partial charge in [-0.05, 0) is 75.6 Å². The average Bonchev–Trinajstić information content (AvgIpc) is 2.89. The highest BCUT2D eigenvalue weighted by atomic mass is 16.5. The zero-order valence-corrected chi connectivity index (χ0v) is 20.8. The van der Waals surface area contributed by atoms with Gasteiger partial charge >= 0.3 is 0 Å². The summed E-state index contributed by atoms with van der Waals surface area (Å²) < 4.78 is 23.1. The molecule has 2 aromatic rings. The average molecular weight is 505 g/mol. The van der Waals surface area contributed by atoms with Gasteiger partial charge in [0.05, 0.1) is 50.8 Å². The molecule has 36 heavy (non-hydrogen) atoms. The van der Waals surface area contributed by atoms with Crippen LogP contribution in [0, 0.1) is 0 Å². The Morgan fingerprint density at radius 1 is 0.444 bits per heavy atom. The SMILES string of the molecule is OC1CCCOc2cccc(c2)OCCCC(O)C(O)CCCOc2cccc(c2)OCCCC1O. The zero-order chi connectivity index (χ0) is 25.6. The van der Waals surface area contributed by atoms with Crippen LogP contribution in [0.1, 0.15) is 51.4 Å². The first kappa shape index (κ1) is 28.1. The summed E-state index contributed by atoms with van der Waals surface area (Å²) in [6, 6.07) is 14.7. The summed E-state index contributed by atoms with van der Waals surface area (Å²) in [5.74, 6) is 2.68. The van der Waals surface area contributed by atoms with E-state index in [2.05, 4.69) is 0 Å². The Balaban J connectivity index is 1.54. The molecule has 3 rings (SSSR count). The molecule has 4 bridgehead atoms. The lowest BCUT2D eigenvalue weighted by atomic mass is 10.0. The maximum absolute atomic E-state index is 10.3. The van der Waals surface area contributed by atoms with Crippen molar-refractivity contribution >= 4 is 0 Å². The van der Waals surface area contributed by atoms with Crippen LogP contribution in [0.4, 0.5) is 0 Å². The third kappa shape index (κ3) is 10.2. The minimum atomic E-state index is -0.813. The van der Waals surface area contributed by atoms with E-state index in [9.17, 15) is 20.4 Å². The van der Waals surface area contributed by atoms with E-state index >= 15 is 0 Å². The van der Waals surface area contributed by atoms with E-state index in [-0.39, 0.29) is 0 Å². The molecule has 8 heteroatoms. The van der Waals surface area contributed by atoms with Gasteiger partial charge in [0.2, 0.25) is 0 Å². The fraction of sp³-hybridized carbons (Fsp3) is 0.571. The maximum atomic E-state index is 10.3. The summed E-state index contributed by atoms with van der Waals surface area (Å²) in [7, 11) is 0. The molecule has 0 saturated heterocycles. The van der Waals surface area contributed by atoms with Crippen molar-refractivity contribution in [3.63, 3.8) is 0 Å². The Bertz CT molecular complexity index is 742. The van der Waals surface area contributed by atoms with E-state index in [1.165, 1.54) is 0 Å². The minimum Gasteiger partial charge on any atom is -0.493 e. The van der Waals surface area contributed by atoms with Gasteiger partial charge in [-0.25, -0.2) is 0 Å². The molecule has 0 aliphatic carbocycles. The summed E-state index contributed by atoms with van der Waals surface area (Å²) in [6.07, 6.45) is 0.911. The third-order valence-electron chi connectivity index (χ3n) is 6.15. The summed E-state index contributed by atoms with van der Waals surface area (Å²) in [4.78, 5) is 0. The Kier molecular flexibility index (Phi) is 12.1. The smallest absolute Gasteiger partial charge is 0.122 e. The predicted molar refractivity (Wildman–Crippen MR) is 136 cm³/mol. The topological polar surface area (TPSA) is 118 Å². The van der Waals surface area contributed by atoms with Gasteiger partial charge in [0, 0.05) is 12.1 Å². The lowest BCUT2D eigenvalue weighted by molar-refractivity contribution is 0.00411. The monoisotopic (exact) mass is 504 g/mol. The maximum Gasteiger partial charge on any atom is 0.122 e. The standard InChI is InChI=1S/C28H40O8/c29-25-11-3-15-33-21-7-1-8-22(19-21)34-16-4-12-26(30)28(32)14-6-18-36-24-10-2-9-23(20-24)35-17-5-13-27(25)31/h1-2,7-10,19-20,25-32H,3-6,11-18H2. The lowest BCUT2D eigenvalue weighted by Crippen LogP contribution is -2.26. The molecule has 2 aromatic carbocycles. The fourth-order valence-corrected chi connectivity index (χ4v) is 4.01. The minimum absolute atomic E-state index is 0.416. The fourth-order valence-electron chi connectivity index (χ4n) is 4.01. The van der Waals surface area contributed by atoms with Crippen LogP contribution in [0.15, 0.2) is 48.5 Å². The molecule has 1 aliphatic heterocycles. The van der Waals surface area contributed by atoms with Gasteiger partial charge < -0.3 is 39.4 Å². The van der Waals surface area contributed by atoms with Gasteiger partial charge in [-0.3, -0.25) is 0 Å². The van der Waals surface area contributed by atoms with E-state index in [0.717, 1.165) is 0 Å². The molecule has 200 valence electrons. The predicted octanol–water partition coefficient (Wildman–Crippen LogP) is 3.48. The van der Waals surface area contributed by atoms with Crippen LogP contribution in [0.25, 0.3) is 0 Å². The van der Waals surface area contributed by atoms with E-state index in [0.29, 0.717) is 101 Å². The van der Waals surface area contributed by atoms with E-state index in [4.69, 9.17) is 18.9 Å². The second-order valence-corrected chi connectivity index (χ2v) is 9.18. The lowest BCUT2D eigenvalue weighted by Gasteiger charge is -2.19. The molecule has 0 fully saturated rings. The molecule has 0 spiro atoms. The van der Waals surface area contributed by atoms with Crippen molar-refractivity contribution < 1.29 is 39.4 Å². The summed E-state index contributed by atoms with van der Waals surface area (Å²) in [5.41, 5.74) is 0. The molecule has 1 aliphatic rings. The largest absolute Gasteiger partial charge is 0.493 e. The third-order valence-corrected chi connectivity index (χ3v) is 6.15. The van der Waals surface area contributed by atoms with Crippen LogP contribution >= 0.6 is 0 Å². The molecule has 0 saturated carbocycles. The molecule has 0 radical (unpaired) electrons. The molecule has 8 nitrogen and oxygen atoms in total. The number of aliphatic hydroxyl groups is 4. The summed E-state index contributed by atoms with van der Waals surface area (Å²) >= 11 is 0. The Hall–Kier alpha value is -2.52. The number of hydrogen-bond acceptors (Lipinski definition) is 8. The van der Waals surface area contributed by atoms with Crippen LogP contribution in [0.2, 0.25) is 0 Å². The molecule has 4 atom stereocenters. The first-order valence-corrected chi connectivity index (χ1v) is 12.9. The number of fused-ring (bicyclic) bond motifs is 4. The van der Waals surface area contributed by atoms with Gasteiger partial charge in [-0.2, -0.15) is 0 Å². The Morgan fingerprint density at radius 2 is 0.694 bits per heavy atom. The number of rotatable bonds is 0. The van der Waals surface area contributed by atoms with E-state index in [1.54, 1.807) is 12.1 Å².